The van der Waals surface area contributed by atoms with Gasteiger partial charge in [-0.3, -0.25) is 4.90 Å². The minimum absolute atomic E-state index is 0.118. The van der Waals surface area contributed by atoms with Crippen molar-refractivity contribution >= 4 is 14.9 Å². The number of morpholine rings is 1. The van der Waals surface area contributed by atoms with E-state index in [-0.39, 0.29) is 5.75 Å². The SMILES string of the molecule is Cn1c(-c2ccc(OC(F)(F)P)cc2)nc2c1CN(Cc1ccccc1N1CCOCC1)CC2. The van der Waals surface area contributed by atoms with Crippen molar-refractivity contribution in [2.45, 2.75) is 25.4 Å². The van der Waals surface area contributed by atoms with Crippen LogP contribution in [0.5, 0.6) is 5.75 Å². The van der Waals surface area contributed by atoms with Crippen LogP contribution in [0, 0.1) is 0 Å². The number of imidazole rings is 1. The zero-order valence-corrected chi connectivity index (χ0v) is 20.4. The summed E-state index contributed by atoms with van der Waals surface area (Å²) in [5.74, 6) is -2.33. The molecule has 0 saturated carbocycles. The van der Waals surface area contributed by atoms with E-state index in [9.17, 15) is 8.78 Å². The molecule has 5 rings (SSSR count). The van der Waals surface area contributed by atoms with Crippen LogP contribution in [0.25, 0.3) is 11.4 Å². The summed E-state index contributed by atoms with van der Waals surface area (Å²) in [6, 6.07) is 15.3. The first-order valence-corrected chi connectivity index (χ1v) is 12.1. The summed E-state index contributed by atoms with van der Waals surface area (Å²) in [6.45, 7) is 6.02. The standard InChI is InChI=1S/C25H29F2N4O2P/c1-29-23-17-30(16-19-4-2-3-5-22(19)31-12-14-32-15-13-31)11-10-21(23)28-24(29)18-6-8-20(9-7-18)33-25(26,27)34/h2-9H,10-17,34H2,1H3. The maximum atomic E-state index is 13.1. The summed E-state index contributed by atoms with van der Waals surface area (Å²) in [5, 5.41) is 0. The Bertz CT molecular complexity index is 1140. The van der Waals surface area contributed by atoms with E-state index >= 15 is 0 Å². The number of hydrogen-bond donors (Lipinski definition) is 0. The third-order valence-corrected chi connectivity index (χ3v) is 6.56. The molecule has 1 unspecified atom stereocenters. The summed E-state index contributed by atoms with van der Waals surface area (Å²) in [5.41, 5.74) is 5.80. The van der Waals surface area contributed by atoms with Crippen LogP contribution >= 0.6 is 9.24 Å². The predicted octanol–water partition coefficient (Wildman–Crippen LogP) is 4.29. The molecule has 1 fully saturated rings. The molecule has 0 amide bonds. The highest BCUT2D eigenvalue weighted by molar-refractivity contribution is 7.17. The number of fused-ring (bicyclic) bond motifs is 1. The first-order valence-electron chi connectivity index (χ1n) is 11.5. The first kappa shape index (κ1) is 23.2. The van der Waals surface area contributed by atoms with E-state index in [1.54, 1.807) is 24.3 Å². The second kappa shape index (κ2) is 9.61. The van der Waals surface area contributed by atoms with E-state index in [4.69, 9.17) is 9.72 Å². The van der Waals surface area contributed by atoms with Gasteiger partial charge in [-0.2, -0.15) is 8.78 Å². The quantitative estimate of drug-likeness (QED) is 0.487. The molecule has 9 heteroatoms. The summed E-state index contributed by atoms with van der Waals surface area (Å²) in [6.07, 6.45) is 0.878. The van der Waals surface area contributed by atoms with Crippen LogP contribution in [0.1, 0.15) is 17.0 Å². The molecule has 0 bridgehead atoms. The Hall–Kier alpha value is -2.54. The van der Waals surface area contributed by atoms with Gasteiger partial charge in [0.05, 0.1) is 24.6 Å². The number of alkyl halides is 2. The number of halogens is 2. The van der Waals surface area contributed by atoms with E-state index in [2.05, 4.69) is 43.4 Å². The number of anilines is 1. The van der Waals surface area contributed by atoms with Crippen LogP contribution in [0.15, 0.2) is 48.5 Å². The highest BCUT2D eigenvalue weighted by atomic mass is 31.0. The van der Waals surface area contributed by atoms with Crippen molar-refractivity contribution in [3.05, 3.63) is 65.5 Å². The molecule has 2 aliphatic rings. The number of nitrogens with zero attached hydrogens (tertiary/aromatic N) is 4. The van der Waals surface area contributed by atoms with Crippen molar-refractivity contribution in [1.29, 1.82) is 0 Å². The van der Waals surface area contributed by atoms with Crippen molar-refractivity contribution in [2.75, 3.05) is 37.7 Å². The Morgan fingerprint density at radius 2 is 1.79 bits per heavy atom. The van der Waals surface area contributed by atoms with Crippen molar-refractivity contribution in [3.63, 3.8) is 0 Å². The second-order valence-corrected chi connectivity index (χ2v) is 9.44. The van der Waals surface area contributed by atoms with Gasteiger partial charge in [-0.15, -0.1) is 0 Å². The smallest absolute Gasteiger partial charge is 0.408 e. The van der Waals surface area contributed by atoms with Crippen LogP contribution in [0.2, 0.25) is 0 Å². The van der Waals surface area contributed by atoms with Crippen LogP contribution < -0.4 is 9.64 Å². The Morgan fingerprint density at radius 1 is 1.06 bits per heavy atom. The van der Waals surface area contributed by atoms with E-state index in [1.165, 1.54) is 26.2 Å². The molecule has 1 atom stereocenters. The number of aromatic nitrogens is 2. The molecule has 0 spiro atoms. The molecule has 0 aliphatic carbocycles. The molecule has 2 aliphatic heterocycles. The minimum atomic E-state index is -3.28. The highest BCUT2D eigenvalue weighted by Gasteiger charge is 2.26. The van der Waals surface area contributed by atoms with Crippen LogP contribution in [-0.4, -0.2) is 53.1 Å². The number of ether oxygens (including phenoxy) is 2. The van der Waals surface area contributed by atoms with Gasteiger partial charge in [-0.25, -0.2) is 4.98 Å². The fourth-order valence-corrected chi connectivity index (χ4v) is 4.90. The monoisotopic (exact) mass is 486 g/mol. The van der Waals surface area contributed by atoms with Gasteiger partial charge in [0.25, 0.3) is 0 Å². The topological polar surface area (TPSA) is 42.8 Å². The van der Waals surface area contributed by atoms with Crippen molar-refractivity contribution in [1.82, 2.24) is 14.5 Å². The van der Waals surface area contributed by atoms with Gasteiger partial charge in [0.1, 0.15) is 11.6 Å². The first-order chi connectivity index (χ1) is 16.4. The fourth-order valence-electron chi connectivity index (χ4n) is 4.76. The lowest BCUT2D eigenvalue weighted by molar-refractivity contribution is -0.0892. The lowest BCUT2D eigenvalue weighted by atomic mass is 10.1. The largest absolute Gasteiger partial charge is 0.430 e. The van der Waals surface area contributed by atoms with Gasteiger partial charge < -0.3 is 18.9 Å². The Morgan fingerprint density at radius 3 is 2.53 bits per heavy atom. The number of benzene rings is 2. The van der Waals surface area contributed by atoms with Crippen molar-refractivity contribution < 1.29 is 18.3 Å². The molecule has 6 nitrogen and oxygen atoms in total. The summed E-state index contributed by atoms with van der Waals surface area (Å²) in [4.78, 5) is 9.76. The summed E-state index contributed by atoms with van der Waals surface area (Å²) >= 11 is 0. The molecule has 1 aromatic heterocycles. The Labute approximate surface area is 200 Å². The predicted molar refractivity (Wildman–Crippen MR) is 131 cm³/mol. The summed E-state index contributed by atoms with van der Waals surface area (Å²) in [7, 11) is 3.41. The third-order valence-electron chi connectivity index (χ3n) is 6.44. The van der Waals surface area contributed by atoms with Gasteiger partial charge in [0.15, 0.2) is 0 Å². The normalized spacial score (nSPS) is 17.0. The van der Waals surface area contributed by atoms with Crippen LogP contribution in [0.3, 0.4) is 0 Å². The lowest BCUT2D eigenvalue weighted by Crippen LogP contribution is -2.37. The molecule has 3 heterocycles. The van der Waals surface area contributed by atoms with Gasteiger partial charge in [0, 0.05) is 57.4 Å². The van der Waals surface area contributed by atoms with E-state index in [0.717, 1.165) is 69.4 Å². The average molecular weight is 487 g/mol. The van der Waals surface area contributed by atoms with E-state index < -0.39 is 5.85 Å². The van der Waals surface area contributed by atoms with Crippen molar-refractivity contribution in [3.8, 4) is 17.1 Å². The fraction of sp³-hybridized carbons (Fsp3) is 0.400. The second-order valence-electron chi connectivity index (χ2n) is 8.76. The molecular weight excluding hydrogens is 457 g/mol. The molecule has 2 aromatic carbocycles. The Balaban J connectivity index is 1.32. The zero-order chi connectivity index (χ0) is 23.7. The molecule has 180 valence electrons. The molecule has 1 saturated heterocycles. The third kappa shape index (κ3) is 5.09. The molecule has 0 radical (unpaired) electrons. The van der Waals surface area contributed by atoms with Gasteiger partial charge in [-0.05, 0) is 45.1 Å². The zero-order valence-electron chi connectivity index (χ0n) is 19.2. The van der Waals surface area contributed by atoms with Crippen LogP contribution in [-0.2, 0) is 31.3 Å². The minimum Gasteiger partial charge on any atom is -0.430 e. The van der Waals surface area contributed by atoms with Gasteiger partial charge >= 0.3 is 5.85 Å². The van der Waals surface area contributed by atoms with Crippen LogP contribution in [0.4, 0.5) is 14.5 Å². The maximum absolute atomic E-state index is 13.1. The highest BCUT2D eigenvalue weighted by Crippen LogP contribution is 2.31. The number of para-hydroxylation sites is 1. The maximum Gasteiger partial charge on any atom is 0.408 e. The molecular formula is C25H29F2N4O2P. The Kier molecular flexibility index (Phi) is 6.56. The number of hydrogen-bond acceptors (Lipinski definition) is 5. The van der Waals surface area contributed by atoms with Gasteiger partial charge in [0.2, 0.25) is 0 Å². The van der Waals surface area contributed by atoms with E-state index in [0.29, 0.717) is 0 Å². The molecule has 3 aromatic rings. The lowest BCUT2D eigenvalue weighted by Gasteiger charge is -2.33. The average Bonchev–Trinajstić information content (AvgIpc) is 3.15. The summed E-state index contributed by atoms with van der Waals surface area (Å²) < 4.78 is 38.4. The molecule has 34 heavy (non-hydrogen) atoms. The number of rotatable bonds is 6. The van der Waals surface area contributed by atoms with Gasteiger partial charge in [-0.1, -0.05) is 18.2 Å². The van der Waals surface area contributed by atoms with Crippen molar-refractivity contribution in [2.24, 2.45) is 7.05 Å². The van der Waals surface area contributed by atoms with E-state index in [1.807, 2.05) is 7.05 Å². The molecule has 0 N–H and O–H groups in total.